The number of pyridine rings is 1. The highest BCUT2D eigenvalue weighted by atomic mass is 16.5. The molecule has 4 rings (SSSR count). The molecule has 0 fully saturated rings. The Balaban J connectivity index is 1.61. The van der Waals surface area contributed by atoms with Gasteiger partial charge in [-0.05, 0) is 55.9 Å². The lowest BCUT2D eigenvalue weighted by Crippen LogP contribution is -2.31. The van der Waals surface area contributed by atoms with Crippen LogP contribution in [0.2, 0.25) is 0 Å². The molecule has 6 heteroatoms. The van der Waals surface area contributed by atoms with Crippen molar-refractivity contribution < 1.29 is 19.1 Å². The predicted molar refractivity (Wildman–Crippen MR) is 119 cm³/mol. The number of hydrogen-bond donors (Lipinski definition) is 1. The summed E-state index contributed by atoms with van der Waals surface area (Å²) in [4.78, 5) is 30.8. The van der Waals surface area contributed by atoms with Gasteiger partial charge in [0.15, 0.2) is 6.10 Å². The summed E-state index contributed by atoms with van der Waals surface area (Å²) >= 11 is 0. The fraction of sp³-hybridized carbons (Fsp3) is 0.320. The van der Waals surface area contributed by atoms with Gasteiger partial charge in [-0.2, -0.15) is 0 Å². The van der Waals surface area contributed by atoms with Crippen molar-refractivity contribution in [3.63, 3.8) is 0 Å². The summed E-state index contributed by atoms with van der Waals surface area (Å²) in [5.74, 6) is 0.0934. The number of nitrogens with one attached hydrogen (secondary N) is 1. The maximum absolute atomic E-state index is 13.3. The molecule has 2 aromatic carbocycles. The van der Waals surface area contributed by atoms with Crippen LogP contribution in [0.3, 0.4) is 0 Å². The van der Waals surface area contributed by atoms with E-state index >= 15 is 0 Å². The minimum absolute atomic E-state index is 0.418. The highest BCUT2D eigenvalue weighted by molar-refractivity contribution is 6.06. The van der Waals surface area contributed by atoms with Gasteiger partial charge in [0.2, 0.25) is 0 Å². The van der Waals surface area contributed by atoms with Crippen molar-refractivity contribution in [2.24, 2.45) is 5.92 Å². The van der Waals surface area contributed by atoms with Crippen LogP contribution >= 0.6 is 0 Å². The van der Waals surface area contributed by atoms with E-state index in [1.54, 1.807) is 25.1 Å². The monoisotopic (exact) mass is 418 g/mol. The summed E-state index contributed by atoms with van der Waals surface area (Å²) in [6.45, 7) is 3.75. The van der Waals surface area contributed by atoms with Crippen LogP contribution in [-0.2, 0) is 22.4 Å². The second-order valence-corrected chi connectivity index (χ2v) is 8.01. The molecule has 1 aliphatic carbocycles. The summed E-state index contributed by atoms with van der Waals surface area (Å²) in [7, 11) is 1.53. The third-order valence-electron chi connectivity index (χ3n) is 5.73. The number of carbonyl (C=O) groups is 2. The Labute approximate surface area is 181 Å². The molecule has 0 spiro atoms. The van der Waals surface area contributed by atoms with Crippen LogP contribution in [0, 0.1) is 5.92 Å². The summed E-state index contributed by atoms with van der Waals surface area (Å²) in [6.07, 6.45) is 1.69. The lowest BCUT2D eigenvalue weighted by Gasteiger charge is -2.24. The van der Waals surface area contributed by atoms with Crippen molar-refractivity contribution in [3.8, 4) is 5.75 Å². The first-order chi connectivity index (χ1) is 15.0. The number of benzene rings is 2. The van der Waals surface area contributed by atoms with Gasteiger partial charge in [0.05, 0.1) is 23.9 Å². The van der Waals surface area contributed by atoms with E-state index < -0.39 is 18.0 Å². The third-order valence-corrected chi connectivity index (χ3v) is 5.73. The number of methoxy groups -OCH3 is 1. The molecule has 6 nitrogen and oxygen atoms in total. The Bertz CT molecular complexity index is 1140. The number of ether oxygens (including phenoxy) is 2. The molecular weight excluding hydrogens is 392 g/mol. The van der Waals surface area contributed by atoms with Crippen molar-refractivity contribution in [1.29, 1.82) is 0 Å². The number of fused-ring (bicyclic) bond motifs is 2. The highest BCUT2D eigenvalue weighted by Crippen LogP contribution is 2.32. The zero-order chi connectivity index (χ0) is 22.0. The number of amides is 1. The number of aryl methyl sites for hydroxylation is 1. The number of carbonyl (C=O) groups excluding carboxylic acids is 2. The Morgan fingerprint density at radius 1 is 1.13 bits per heavy atom. The summed E-state index contributed by atoms with van der Waals surface area (Å²) in [5.41, 5.74) is 3.73. The maximum atomic E-state index is 13.3. The Morgan fingerprint density at radius 3 is 2.68 bits per heavy atom. The number of hydrogen-bond acceptors (Lipinski definition) is 5. The molecular formula is C25H26N2O4. The van der Waals surface area contributed by atoms with Crippen LogP contribution in [0.5, 0.6) is 5.75 Å². The molecule has 3 aromatic rings. The fourth-order valence-corrected chi connectivity index (χ4v) is 4.05. The van der Waals surface area contributed by atoms with Crippen LogP contribution in [0.1, 0.15) is 41.9 Å². The number of aromatic nitrogens is 1. The summed E-state index contributed by atoms with van der Waals surface area (Å²) < 4.78 is 10.9. The van der Waals surface area contributed by atoms with Crippen LogP contribution in [-0.4, -0.2) is 30.1 Å². The maximum Gasteiger partial charge on any atom is 0.339 e. The van der Waals surface area contributed by atoms with Crippen LogP contribution in [0.4, 0.5) is 5.69 Å². The van der Waals surface area contributed by atoms with Crippen molar-refractivity contribution >= 4 is 28.5 Å². The Hall–Kier alpha value is -3.41. The van der Waals surface area contributed by atoms with Crippen molar-refractivity contribution in [2.45, 2.75) is 39.2 Å². The molecule has 0 saturated carbocycles. The predicted octanol–water partition coefficient (Wildman–Crippen LogP) is 4.55. The van der Waals surface area contributed by atoms with Crippen molar-refractivity contribution in [3.05, 3.63) is 65.4 Å². The Morgan fingerprint density at radius 2 is 1.87 bits per heavy atom. The fourth-order valence-electron chi connectivity index (χ4n) is 4.05. The molecule has 2 atom stereocenters. The zero-order valence-corrected chi connectivity index (χ0v) is 18.0. The van der Waals surface area contributed by atoms with E-state index in [0.717, 1.165) is 41.4 Å². The van der Waals surface area contributed by atoms with Crippen LogP contribution in [0.25, 0.3) is 10.9 Å². The van der Waals surface area contributed by atoms with Gasteiger partial charge in [-0.1, -0.05) is 37.3 Å². The van der Waals surface area contributed by atoms with Crippen LogP contribution < -0.4 is 10.1 Å². The third kappa shape index (κ3) is 4.24. The molecule has 0 aliphatic heterocycles. The van der Waals surface area contributed by atoms with Gasteiger partial charge < -0.3 is 14.8 Å². The molecule has 1 aromatic heterocycles. The van der Waals surface area contributed by atoms with Crippen molar-refractivity contribution in [2.75, 3.05) is 12.4 Å². The molecule has 1 heterocycles. The first-order valence-corrected chi connectivity index (χ1v) is 10.5. The Kier molecular flexibility index (Phi) is 5.89. The second-order valence-electron chi connectivity index (χ2n) is 8.01. The minimum Gasteiger partial charge on any atom is -0.495 e. The van der Waals surface area contributed by atoms with E-state index in [9.17, 15) is 9.59 Å². The number of esters is 1. The quantitative estimate of drug-likeness (QED) is 0.615. The number of anilines is 1. The SMILES string of the molecule is COc1ccccc1NC(=O)[C@@H](C)OC(=O)c1c2c(nc3ccccc13)CC[C@@H](C)C2. The number of rotatable bonds is 5. The average Bonchev–Trinajstić information content (AvgIpc) is 2.77. The van der Waals surface area contributed by atoms with Gasteiger partial charge >= 0.3 is 5.97 Å². The lowest BCUT2D eigenvalue weighted by atomic mass is 9.84. The van der Waals surface area contributed by atoms with Gasteiger partial charge in [-0.3, -0.25) is 9.78 Å². The first kappa shape index (κ1) is 20.8. The van der Waals surface area contributed by atoms with E-state index in [2.05, 4.69) is 12.2 Å². The minimum atomic E-state index is -0.971. The number of para-hydroxylation sites is 3. The lowest BCUT2D eigenvalue weighted by molar-refractivity contribution is -0.123. The molecule has 1 amide bonds. The molecule has 0 radical (unpaired) electrons. The van der Waals surface area contributed by atoms with Gasteiger partial charge in [0.1, 0.15) is 5.75 Å². The van der Waals surface area contributed by atoms with Crippen molar-refractivity contribution in [1.82, 2.24) is 4.98 Å². The second kappa shape index (κ2) is 8.76. The van der Waals surface area contributed by atoms with Gasteiger partial charge in [-0.15, -0.1) is 0 Å². The topological polar surface area (TPSA) is 77.5 Å². The van der Waals surface area contributed by atoms with Gasteiger partial charge in [0.25, 0.3) is 5.91 Å². The first-order valence-electron chi connectivity index (χ1n) is 10.5. The zero-order valence-electron chi connectivity index (χ0n) is 18.0. The van der Waals surface area contributed by atoms with E-state index in [4.69, 9.17) is 14.5 Å². The smallest absolute Gasteiger partial charge is 0.339 e. The molecule has 0 unspecified atom stereocenters. The molecule has 0 saturated heterocycles. The van der Waals surface area contributed by atoms with E-state index in [1.807, 2.05) is 30.3 Å². The standard InChI is InChI=1S/C25H26N2O4/c1-15-12-13-20-18(14-15)23(17-8-4-5-9-19(17)26-20)25(29)31-16(2)24(28)27-21-10-6-7-11-22(21)30-3/h4-11,15-16H,12-14H2,1-3H3,(H,27,28)/t15-,16-/m1/s1. The molecule has 0 bridgehead atoms. The number of nitrogens with zero attached hydrogens (tertiary/aromatic N) is 1. The summed E-state index contributed by atoms with van der Waals surface area (Å²) in [5, 5.41) is 3.53. The van der Waals surface area contributed by atoms with Crippen LogP contribution in [0.15, 0.2) is 48.5 Å². The van der Waals surface area contributed by atoms with Gasteiger partial charge in [-0.25, -0.2) is 4.79 Å². The summed E-state index contributed by atoms with van der Waals surface area (Å²) in [6, 6.07) is 14.7. The van der Waals surface area contributed by atoms with E-state index in [0.29, 0.717) is 22.9 Å². The normalized spacial score (nSPS) is 16.3. The molecule has 31 heavy (non-hydrogen) atoms. The molecule has 160 valence electrons. The average molecular weight is 418 g/mol. The van der Waals surface area contributed by atoms with Gasteiger partial charge in [0, 0.05) is 11.1 Å². The van der Waals surface area contributed by atoms with E-state index in [1.165, 1.54) is 7.11 Å². The highest BCUT2D eigenvalue weighted by Gasteiger charge is 2.28. The van der Waals surface area contributed by atoms with E-state index in [-0.39, 0.29) is 0 Å². The largest absolute Gasteiger partial charge is 0.495 e. The molecule has 1 aliphatic rings. The molecule has 1 N–H and O–H groups in total.